The number of carbonyl (C=O) groups is 2. The highest BCUT2D eigenvalue weighted by molar-refractivity contribution is 5.91. The van der Waals surface area contributed by atoms with Crippen LogP contribution < -0.4 is 14.8 Å². The number of urea groups is 1. The molecule has 0 unspecified atom stereocenters. The molecule has 152 valence electrons. The Hall–Kier alpha value is -3.52. The zero-order valence-electron chi connectivity index (χ0n) is 16.4. The Morgan fingerprint density at radius 1 is 1.10 bits per heavy atom. The summed E-state index contributed by atoms with van der Waals surface area (Å²) in [5, 5.41) is 2.84. The van der Waals surface area contributed by atoms with Crippen LogP contribution >= 0.6 is 0 Å². The van der Waals surface area contributed by atoms with Crippen LogP contribution in [0.4, 0.5) is 10.5 Å². The van der Waals surface area contributed by atoms with Gasteiger partial charge in [-0.15, -0.1) is 0 Å². The molecule has 0 atom stereocenters. The predicted octanol–water partition coefficient (Wildman–Crippen LogP) is 3.40. The smallest absolute Gasteiger partial charge is 0.337 e. The number of esters is 1. The molecule has 0 spiro atoms. The fourth-order valence-corrected chi connectivity index (χ4v) is 2.80. The number of amides is 2. The second-order valence-electron chi connectivity index (χ2n) is 6.23. The van der Waals surface area contributed by atoms with E-state index in [1.54, 1.807) is 55.8 Å². The van der Waals surface area contributed by atoms with Crippen LogP contribution in [0.25, 0.3) is 0 Å². The zero-order chi connectivity index (χ0) is 20.8. The minimum Gasteiger partial charge on any atom is -0.497 e. The first-order valence-electron chi connectivity index (χ1n) is 8.84. The number of nitrogens with zero attached hydrogens (tertiary/aromatic N) is 1. The summed E-state index contributed by atoms with van der Waals surface area (Å²) in [5.41, 5.74) is 1.73. The Bertz CT molecular complexity index is 923. The predicted molar refractivity (Wildman–Crippen MR) is 106 cm³/mol. The van der Waals surface area contributed by atoms with E-state index in [-0.39, 0.29) is 19.2 Å². The largest absolute Gasteiger partial charge is 0.497 e. The molecule has 2 aromatic carbocycles. The molecule has 0 saturated heterocycles. The maximum atomic E-state index is 12.8. The molecule has 1 aliphatic heterocycles. The van der Waals surface area contributed by atoms with Gasteiger partial charge in [0.25, 0.3) is 0 Å². The van der Waals surface area contributed by atoms with Gasteiger partial charge in [-0.1, -0.05) is 6.07 Å². The van der Waals surface area contributed by atoms with Crippen LogP contribution in [0.2, 0.25) is 0 Å². The molecule has 3 rings (SSSR count). The summed E-state index contributed by atoms with van der Waals surface area (Å²) in [5.74, 6) is 1.13. The Morgan fingerprint density at radius 3 is 2.52 bits per heavy atom. The van der Waals surface area contributed by atoms with Crippen molar-refractivity contribution in [2.75, 3.05) is 33.3 Å². The second-order valence-corrected chi connectivity index (χ2v) is 6.23. The number of anilines is 1. The van der Waals surface area contributed by atoms with Crippen LogP contribution in [0.15, 0.2) is 54.4 Å². The minimum atomic E-state index is -0.466. The van der Waals surface area contributed by atoms with Gasteiger partial charge in [0.2, 0.25) is 0 Å². The van der Waals surface area contributed by atoms with Crippen molar-refractivity contribution < 1.29 is 28.5 Å². The lowest BCUT2D eigenvalue weighted by atomic mass is 10.1. The van der Waals surface area contributed by atoms with E-state index >= 15 is 0 Å². The third-order valence-corrected chi connectivity index (χ3v) is 4.26. The standard InChI is InChI=1S/C21H22N2O6/c1-26-13-18-12-23(21(25)22-16-6-8-17(27-2)9-7-16)11-15-5-4-14(20(24)28-3)10-19(15)29-18/h4-10,12H,11,13H2,1-3H3,(H,22,25). The summed E-state index contributed by atoms with van der Waals surface area (Å²) in [4.78, 5) is 26.1. The molecule has 29 heavy (non-hydrogen) atoms. The third-order valence-electron chi connectivity index (χ3n) is 4.26. The molecule has 0 aromatic heterocycles. The van der Waals surface area contributed by atoms with Gasteiger partial charge in [0.15, 0.2) is 0 Å². The van der Waals surface area contributed by atoms with Gasteiger partial charge in [0.1, 0.15) is 23.9 Å². The van der Waals surface area contributed by atoms with Gasteiger partial charge in [-0.3, -0.25) is 4.90 Å². The van der Waals surface area contributed by atoms with Crippen LogP contribution in [-0.2, 0) is 16.0 Å². The molecule has 1 N–H and O–H groups in total. The minimum absolute atomic E-state index is 0.161. The quantitative estimate of drug-likeness (QED) is 0.777. The van der Waals surface area contributed by atoms with Crippen molar-refractivity contribution in [3.05, 3.63) is 65.6 Å². The van der Waals surface area contributed by atoms with Crippen molar-refractivity contribution in [1.82, 2.24) is 4.90 Å². The number of benzene rings is 2. The molecule has 8 heteroatoms. The van der Waals surface area contributed by atoms with Crippen molar-refractivity contribution in [2.24, 2.45) is 0 Å². The molecule has 8 nitrogen and oxygen atoms in total. The van der Waals surface area contributed by atoms with E-state index in [1.165, 1.54) is 19.1 Å². The van der Waals surface area contributed by atoms with Crippen LogP contribution in [0.5, 0.6) is 11.5 Å². The molecular weight excluding hydrogens is 376 g/mol. The number of fused-ring (bicyclic) bond motifs is 1. The molecule has 1 heterocycles. The molecule has 0 bridgehead atoms. The Kier molecular flexibility index (Phi) is 6.36. The van der Waals surface area contributed by atoms with E-state index in [0.717, 1.165) is 5.56 Å². The SMILES string of the molecule is COCC1=CN(C(=O)Nc2ccc(OC)cc2)Cc2ccc(C(=O)OC)cc2O1. The van der Waals surface area contributed by atoms with Gasteiger partial charge in [0.05, 0.1) is 26.3 Å². The number of rotatable bonds is 5. The van der Waals surface area contributed by atoms with E-state index in [4.69, 9.17) is 18.9 Å². The van der Waals surface area contributed by atoms with Gasteiger partial charge in [0, 0.05) is 24.6 Å². The summed E-state index contributed by atoms with van der Waals surface area (Å²) in [6.45, 7) is 0.417. The molecule has 1 aliphatic rings. The van der Waals surface area contributed by atoms with Crippen LogP contribution in [0.3, 0.4) is 0 Å². The average molecular weight is 398 g/mol. The van der Waals surface area contributed by atoms with Crippen LogP contribution in [-0.4, -0.2) is 44.8 Å². The first-order chi connectivity index (χ1) is 14.0. The van der Waals surface area contributed by atoms with E-state index in [0.29, 0.717) is 28.5 Å². The van der Waals surface area contributed by atoms with Gasteiger partial charge >= 0.3 is 12.0 Å². The number of carbonyl (C=O) groups excluding carboxylic acids is 2. The monoisotopic (exact) mass is 398 g/mol. The lowest BCUT2D eigenvalue weighted by Gasteiger charge is -2.18. The third kappa shape index (κ3) is 4.85. The molecule has 0 fully saturated rings. The van der Waals surface area contributed by atoms with Crippen molar-refractivity contribution >= 4 is 17.7 Å². The highest BCUT2D eigenvalue weighted by Crippen LogP contribution is 2.28. The van der Waals surface area contributed by atoms with Crippen molar-refractivity contribution in [3.63, 3.8) is 0 Å². The Morgan fingerprint density at radius 2 is 1.86 bits per heavy atom. The first-order valence-corrected chi connectivity index (χ1v) is 8.84. The summed E-state index contributed by atoms with van der Waals surface area (Å²) < 4.78 is 20.9. The zero-order valence-corrected chi connectivity index (χ0v) is 16.4. The van der Waals surface area contributed by atoms with E-state index in [9.17, 15) is 9.59 Å². The lowest BCUT2D eigenvalue weighted by molar-refractivity contribution is 0.0600. The fourth-order valence-electron chi connectivity index (χ4n) is 2.80. The normalized spacial score (nSPS) is 12.8. The molecule has 0 radical (unpaired) electrons. The van der Waals surface area contributed by atoms with Crippen LogP contribution in [0.1, 0.15) is 15.9 Å². The van der Waals surface area contributed by atoms with Crippen molar-refractivity contribution in [2.45, 2.75) is 6.54 Å². The highest BCUT2D eigenvalue weighted by atomic mass is 16.5. The topological polar surface area (TPSA) is 86.3 Å². The van der Waals surface area contributed by atoms with E-state index in [1.807, 2.05) is 0 Å². The molecule has 0 saturated carbocycles. The maximum absolute atomic E-state index is 12.8. The summed E-state index contributed by atoms with van der Waals surface area (Å²) >= 11 is 0. The molecule has 2 amide bonds. The lowest BCUT2D eigenvalue weighted by Crippen LogP contribution is -2.30. The average Bonchev–Trinajstić information content (AvgIpc) is 2.92. The second kappa shape index (κ2) is 9.11. The number of ether oxygens (including phenoxy) is 4. The fraction of sp³-hybridized carbons (Fsp3) is 0.238. The molecule has 0 aliphatic carbocycles. The summed E-state index contributed by atoms with van der Waals surface area (Å²) in [7, 11) is 4.43. The highest BCUT2D eigenvalue weighted by Gasteiger charge is 2.22. The number of nitrogens with one attached hydrogen (secondary N) is 1. The summed E-state index contributed by atoms with van der Waals surface area (Å²) in [6, 6.07) is 11.7. The van der Waals surface area contributed by atoms with Gasteiger partial charge in [-0.05, 0) is 36.4 Å². The number of methoxy groups -OCH3 is 3. The number of hydrogen-bond donors (Lipinski definition) is 1. The summed E-state index contributed by atoms with van der Waals surface area (Å²) in [6.07, 6.45) is 1.58. The van der Waals surface area contributed by atoms with E-state index < -0.39 is 5.97 Å². The van der Waals surface area contributed by atoms with E-state index in [2.05, 4.69) is 5.32 Å². The number of hydrogen-bond acceptors (Lipinski definition) is 6. The van der Waals surface area contributed by atoms with Gasteiger partial charge in [-0.25, -0.2) is 9.59 Å². The van der Waals surface area contributed by atoms with Crippen LogP contribution in [0, 0.1) is 0 Å². The molecular formula is C21H22N2O6. The Balaban J connectivity index is 1.84. The van der Waals surface area contributed by atoms with Gasteiger partial charge < -0.3 is 24.3 Å². The first kappa shape index (κ1) is 20.2. The Labute approximate surface area is 168 Å². The molecule has 2 aromatic rings. The maximum Gasteiger partial charge on any atom is 0.337 e. The van der Waals surface area contributed by atoms with Gasteiger partial charge in [-0.2, -0.15) is 0 Å². The van der Waals surface area contributed by atoms with Crippen molar-refractivity contribution in [3.8, 4) is 11.5 Å². The van der Waals surface area contributed by atoms with Crippen molar-refractivity contribution in [1.29, 1.82) is 0 Å².